The molecule has 7 heteroatoms. The van der Waals surface area contributed by atoms with Crippen LogP contribution in [0.1, 0.15) is 6.92 Å². The molecule has 3 aromatic rings. The van der Waals surface area contributed by atoms with Crippen LogP contribution in [0.3, 0.4) is 0 Å². The highest BCUT2D eigenvalue weighted by Gasteiger charge is 2.34. The number of likely N-dealkylation sites (N-methyl/N-ethyl adjacent to an activating group) is 1. The van der Waals surface area contributed by atoms with E-state index >= 15 is 0 Å². The number of rotatable bonds is 5. The van der Waals surface area contributed by atoms with Crippen LogP contribution in [0.5, 0.6) is 0 Å². The van der Waals surface area contributed by atoms with Crippen LogP contribution in [-0.4, -0.2) is 55.3 Å². The summed E-state index contributed by atoms with van der Waals surface area (Å²) in [6, 6.07) is 18.6. The van der Waals surface area contributed by atoms with Gasteiger partial charge in [0.1, 0.15) is 0 Å². The van der Waals surface area contributed by atoms with Crippen molar-refractivity contribution in [3.63, 3.8) is 0 Å². The van der Waals surface area contributed by atoms with Crippen LogP contribution in [0.15, 0.2) is 70.1 Å². The van der Waals surface area contributed by atoms with Crippen molar-refractivity contribution in [2.75, 3.05) is 32.7 Å². The fourth-order valence-corrected chi connectivity index (χ4v) is 4.85. The first-order valence-electron chi connectivity index (χ1n) is 9.44. The van der Waals surface area contributed by atoms with E-state index in [2.05, 4.69) is 16.8 Å². The minimum Gasteiger partial charge on any atom is -0.435 e. The first kappa shape index (κ1) is 18.9. The summed E-state index contributed by atoms with van der Waals surface area (Å²) in [6.07, 6.45) is 0. The average Bonchev–Trinajstić information content (AvgIpc) is 3.21. The Bertz CT molecular complexity index is 1030. The average molecular weight is 398 g/mol. The molecular formula is C21H23N3O3S. The van der Waals surface area contributed by atoms with E-state index in [4.69, 9.17) is 4.42 Å². The number of aromatic nitrogens is 1. The Morgan fingerprint density at radius 2 is 1.46 bits per heavy atom. The summed E-state index contributed by atoms with van der Waals surface area (Å²) in [6.45, 7) is 5.36. The number of sulfonamides is 1. The molecule has 0 atom stereocenters. The maximum Gasteiger partial charge on any atom is 0.264 e. The van der Waals surface area contributed by atoms with Gasteiger partial charge in [0.05, 0.1) is 0 Å². The van der Waals surface area contributed by atoms with E-state index in [9.17, 15) is 8.42 Å². The van der Waals surface area contributed by atoms with E-state index in [1.807, 2.05) is 60.7 Å². The van der Waals surface area contributed by atoms with Crippen molar-refractivity contribution in [3.05, 3.63) is 60.7 Å². The number of hydrogen-bond acceptors (Lipinski definition) is 5. The molecule has 0 unspecified atom stereocenters. The van der Waals surface area contributed by atoms with Gasteiger partial charge in [0.15, 0.2) is 5.76 Å². The second kappa shape index (κ2) is 7.87. The number of benzene rings is 2. The minimum atomic E-state index is -3.76. The van der Waals surface area contributed by atoms with Crippen LogP contribution in [-0.2, 0) is 10.0 Å². The summed E-state index contributed by atoms with van der Waals surface area (Å²) >= 11 is 0. The molecule has 1 saturated heterocycles. The zero-order valence-electron chi connectivity index (χ0n) is 15.8. The van der Waals surface area contributed by atoms with Gasteiger partial charge in [-0.2, -0.15) is 9.29 Å². The van der Waals surface area contributed by atoms with E-state index in [1.165, 1.54) is 4.31 Å². The summed E-state index contributed by atoms with van der Waals surface area (Å²) in [5.41, 5.74) is 1.44. The third kappa shape index (κ3) is 3.61. The van der Waals surface area contributed by atoms with Crippen molar-refractivity contribution in [2.24, 2.45) is 0 Å². The third-order valence-electron chi connectivity index (χ3n) is 5.02. The largest absolute Gasteiger partial charge is 0.435 e. The highest BCUT2D eigenvalue weighted by molar-refractivity contribution is 7.89. The molecule has 4 rings (SSSR count). The van der Waals surface area contributed by atoms with Crippen molar-refractivity contribution in [1.29, 1.82) is 0 Å². The van der Waals surface area contributed by atoms with Crippen LogP contribution in [0.25, 0.3) is 22.8 Å². The molecule has 1 aliphatic rings. The maximum absolute atomic E-state index is 13.4. The molecule has 0 saturated carbocycles. The molecule has 6 nitrogen and oxygen atoms in total. The third-order valence-corrected chi connectivity index (χ3v) is 6.83. The fraction of sp³-hybridized carbons (Fsp3) is 0.286. The Kier molecular flexibility index (Phi) is 5.30. The molecule has 0 N–H and O–H groups in total. The molecule has 1 aliphatic heterocycles. The van der Waals surface area contributed by atoms with Crippen LogP contribution < -0.4 is 0 Å². The van der Waals surface area contributed by atoms with Gasteiger partial charge >= 0.3 is 0 Å². The monoisotopic (exact) mass is 397 g/mol. The number of oxazole rings is 1. The predicted molar refractivity (Wildman–Crippen MR) is 108 cm³/mol. The van der Waals surface area contributed by atoms with Gasteiger partial charge in [-0.1, -0.05) is 55.5 Å². The Labute approximate surface area is 165 Å². The van der Waals surface area contributed by atoms with Gasteiger partial charge < -0.3 is 9.32 Å². The number of hydrogen-bond donors (Lipinski definition) is 0. The first-order chi connectivity index (χ1) is 13.6. The van der Waals surface area contributed by atoms with E-state index in [1.54, 1.807) is 0 Å². The van der Waals surface area contributed by atoms with Gasteiger partial charge in [0, 0.05) is 37.3 Å². The van der Waals surface area contributed by atoms with Crippen molar-refractivity contribution in [2.45, 2.75) is 11.9 Å². The number of nitrogens with zero attached hydrogens (tertiary/aromatic N) is 3. The van der Waals surface area contributed by atoms with Crippen molar-refractivity contribution in [3.8, 4) is 22.8 Å². The molecule has 1 aromatic heterocycles. The molecule has 0 radical (unpaired) electrons. The van der Waals surface area contributed by atoms with Gasteiger partial charge in [-0.15, -0.1) is 0 Å². The van der Waals surface area contributed by atoms with Crippen molar-refractivity contribution >= 4 is 10.0 Å². The Morgan fingerprint density at radius 3 is 2.04 bits per heavy atom. The zero-order valence-corrected chi connectivity index (χ0v) is 16.6. The maximum atomic E-state index is 13.4. The lowest BCUT2D eigenvalue weighted by molar-refractivity contribution is 0.196. The second-order valence-electron chi connectivity index (χ2n) is 6.72. The first-order valence-corrected chi connectivity index (χ1v) is 10.9. The zero-order chi connectivity index (χ0) is 19.6. The fourth-order valence-electron chi connectivity index (χ4n) is 3.37. The van der Waals surface area contributed by atoms with Crippen LogP contribution in [0.4, 0.5) is 0 Å². The predicted octanol–water partition coefficient (Wildman–Crippen LogP) is 3.33. The van der Waals surface area contributed by atoms with E-state index < -0.39 is 10.0 Å². The Hall–Kier alpha value is -2.48. The standard InChI is InChI=1S/C21H23N3O3S/c1-2-23-13-15-24(16-14-23)28(25,26)21-19(17-9-5-3-6-10-17)27-20(22-21)18-11-7-4-8-12-18/h3-12H,2,13-16H2,1H3. The molecule has 0 aliphatic carbocycles. The highest BCUT2D eigenvalue weighted by atomic mass is 32.2. The quantitative estimate of drug-likeness (QED) is 0.661. The van der Waals surface area contributed by atoms with Gasteiger partial charge in [-0.05, 0) is 18.7 Å². The summed E-state index contributed by atoms with van der Waals surface area (Å²) in [5.74, 6) is 0.600. The topological polar surface area (TPSA) is 66.7 Å². The molecule has 0 spiro atoms. The van der Waals surface area contributed by atoms with Crippen LogP contribution in [0.2, 0.25) is 0 Å². The molecule has 2 aromatic carbocycles. The van der Waals surface area contributed by atoms with E-state index in [-0.39, 0.29) is 10.8 Å². The SMILES string of the molecule is CCN1CCN(S(=O)(=O)c2nc(-c3ccccc3)oc2-c2ccccc2)CC1. The minimum absolute atomic E-state index is 0.0116. The Morgan fingerprint density at radius 1 is 0.893 bits per heavy atom. The lowest BCUT2D eigenvalue weighted by Crippen LogP contribution is -2.48. The van der Waals surface area contributed by atoms with Crippen LogP contribution in [0, 0.1) is 0 Å². The van der Waals surface area contributed by atoms with Crippen LogP contribution >= 0.6 is 0 Å². The van der Waals surface area contributed by atoms with Gasteiger partial charge in [-0.3, -0.25) is 0 Å². The molecule has 0 amide bonds. The summed E-state index contributed by atoms with van der Waals surface area (Å²) in [7, 11) is -3.76. The lowest BCUT2D eigenvalue weighted by atomic mass is 10.2. The van der Waals surface area contributed by atoms with Gasteiger partial charge in [0.2, 0.25) is 10.9 Å². The van der Waals surface area contributed by atoms with E-state index in [0.717, 1.165) is 25.2 Å². The summed E-state index contributed by atoms with van der Waals surface area (Å²) < 4.78 is 34.3. The van der Waals surface area contributed by atoms with Gasteiger partial charge in [-0.25, -0.2) is 8.42 Å². The van der Waals surface area contributed by atoms with Gasteiger partial charge in [0.25, 0.3) is 10.0 Å². The molecular weight excluding hydrogens is 374 g/mol. The molecule has 1 fully saturated rings. The molecule has 0 bridgehead atoms. The van der Waals surface area contributed by atoms with E-state index in [0.29, 0.717) is 24.5 Å². The normalized spacial score (nSPS) is 16.3. The lowest BCUT2D eigenvalue weighted by Gasteiger charge is -2.32. The molecule has 146 valence electrons. The highest BCUT2D eigenvalue weighted by Crippen LogP contribution is 2.34. The Balaban J connectivity index is 1.78. The smallest absolute Gasteiger partial charge is 0.264 e. The van der Waals surface area contributed by atoms with Crippen molar-refractivity contribution < 1.29 is 12.8 Å². The van der Waals surface area contributed by atoms with Crippen molar-refractivity contribution in [1.82, 2.24) is 14.2 Å². The number of piperazine rings is 1. The summed E-state index contributed by atoms with van der Waals surface area (Å²) in [5, 5.41) is -0.0116. The molecule has 28 heavy (non-hydrogen) atoms. The summed E-state index contributed by atoms with van der Waals surface area (Å²) in [4.78, 5) is 6.67. The molecule has 2 heterocycles. The second-order valence-corrected chi connectivity index (χ2v) is 8.58.